The zero-order valence-corrected chi connectivity index (χ0v) is 13.3. The molecule has 0 bridgehead atoms. The summed E-state index contributed by atoms with van der Waals surface area (Å²) in [7, 11) is 1.80. The average Bonchev–Trinajstić information content (AvgIpc) is 2.77. The molecule has 1 nitrogen and oxygen atoms in total. The van der Waals surface area contributed by atoms with Crippen molar-refractivity contribution in [3.63, 3.8) is 0 Å². The minimum absolute atomic E-state index is 0.119. The largest absolute Gasteiger partial charge is 0.416 e. The maximum Gasteiger partial charge on any atom is 0.416 e. The molecule has 2 rings (SSSR count). The highest BCUT2D eigenvalue weighted by atomic mass is 79.9. The van der Waals surface area contributed by atoms with E-state index in [9.17, 15) is 13.2 Å². The number of aryl methyl sites for hydroxylation is 1. The highest BCUT2D eigenvalue weighted by Gasteiger charge is 2.31. The normalized spacial score (nSPS) is 13.5. The molecule has 0 amide bonds. The molecule has 0 radical (unpaired) electrons. The first kappa shape index (κ1) is 15.5. The van der Waals surface area contributed by atoms with Gasteiger partial charge in [-0.25, -0.2) is 0 Å². The molecule has 0 aliphatic rings. The molecule has 1 aromatic carbocycles. The Morgan fingerprint density at radius 2 is 1.95 bits per heavy atom. The fraction of sp³-hybridized carbons (Fsp3) is 0.286. The molecule has 0 saturated heterocycles. The lowest BCUT2D eigenvalue weighted by Gasteiger charge is -2.19. The van der Waals surface area contributed by atoms with Gasteiger partial charge in [-0.15, -0.1) is 11.3 Å². The van der Waals surface area contributed by atoms with Crippen LogP contribution in [0.25, 0.3) is 0 Å². The van der Waals surface area contributed by atoms with E-state index < -0.39 is 11.7 Å². The van der Waals surface area contributed by atoms with Gasteiger partial charge in [0.25, 0.3) is 0 Å². The predicted octanol–water partition coefficient (Wildman–Crippen LogP) is 5.15. The Balaban J connectivity index is 2.44. The van der Waals surface area contributed by atoms with E-state index in [0.717, 1.165) is 21.0 Å². The van der Waals surface area contributed by atoms with Crippen LogP contribution in [0.2, 0.25) is 0 Å². The van der Waals surface area contributed by atoms with Crippen LogP contribution in [0, 0.1) is 6.92 Å². The van der Waals surface area contributed by atoms with Gasteiger partial charge in [0.1, 0.15) is 0 Å². The molecule has 0 saturated carbocycles. The Labute approximate surface area is 128 Å². The predicted molar refractivity (Wildman–Crippen MR) is 79.1 cm³/mol. The van der Waals surface area contributed by atoms with Gasteiger partial charge in [-0.1, -0.05) is 6.07 Å². The maximum absolute atomic E-state index is 12.7. The SMILES string of the molecule is CNC(c1ccc(C(F)(F)F)cc1C)c1sccc1Br. The average molecular weight is 364 g/mol. The van der Waals surface area contributed by atoms with E-state index in [1.807, 2.05) is 11.4 Å². The number of alkyl halides is 3. The van der Waals surface area contributed by atoms with E-state index in [-0.39, 0.29) is 6.04 Å². The topological polar surface area (TPSA) is 12.0 Å². The second-order valence-corrected chi connectivity index (χ2v) is 6.23. The molecular formula is C14H13BrF3NS. The molecule has 2 aromatic rings. The summed E-state index contributed by atoms with van der Waals surface area (Å²) < 4.78 is 39.1. The van der Waals surface area contributed by atoms with Gasteiger partial charge >= 0.3 is 6.18 Å². The zero-order valence-electron chi connectivity index (χ0n) is 10.9. The van der Waals surface area contributed by atoms with Gasteiger partial charge in [-0.2, -0.15) is 13.2 Å². The van der Waals surface area contributed by atoms with Crippen molar-refractivity contribution >= 4 is 27.3 Å². The highest BCUT2D eigenvalue weighted by molar-refractivity contribution is 9.10. The van der Waals surface area contributed by atoms with Crippen LogP contribution in [0.3, 0.4) is 0 Å². The molecule has 1 heterocycles. The molecule has 6 heteroatoms. The summed E-state index contributed by atoms with van der Waals surface area (Å²) in [6, 6.07) is 5.69. The molecule has 0 aliphatic carbocycles. The Morgan fingerprint density at radius 1 is 1.25 bits per heavy atom. The van der Waals surface area contributed by atoms with Gasteiger partial charge in [0.2, 0.25) is 0 Å². The van der Waals surface area contributed by atoms with Crippen LogP contribution in [0.5, 0.6) is 0 Å². The van der Waals surface area contributed by atoms with Crippen molar-refractivity contribution in [1.82, 2.24) is 5.32 Å². The first-order valence-electron chi connectivity index (χ1n) is 5.92. The smallest absolute Gasteiger partial charge is 0.309 e. The second-order valence-electron chi connectivity index (χ2n) is 4.42. The van der Waals surface area contributed by atoms with Gasteiger partial charge in [0.15, 0.2) is 0 Å². The Kier molecular flexibility index (Phi) is 4.56. The summed E-state index contributed by atoms with van der Waals surface area (Å²) in [4.78, 5) is 1.05. The number of benzene rings is 1. The second kappa shape index (κ2) is 5.87. The minimum Gasteiger partial charge on any atom is -0.309 e. The number of hydrogen-bond acceptors (Lipinski definition) is 2. The van der Waals surface area contributed by atoms with Crippen LogP contribution in [0.15, 0.2) is 34.1 Å². The molecule has 20 heavy (non-hydrogen) atoms. The molecule has 1 N–H and O–H groups in total. The van der Waals surface area contributed by atoms with E-state index in [1.165, 1.54) is 6.07 Å². The van der Waals surface area contributed by atoms with Gasteiger partial charge < -0.3 is 5.32 Å². The van der Waals surface area contributed by atoms with Crippen LogP contribution in [0.4, 0.5) is 13.2 Å². The van der Waals surface area contributed by atoms with Gasteiger partial charge in [0.05, 0.1) is 11.6 Å². The lowest BCUT2D eigenvalue weighted by molar-refractivity contribution is -0.137. The van der Waals surface area contributed by atoms with Crippen LogP contribution in [-0.4, -0.2) is 7.05 Å². The summed E-state index contributed by atoms with van der Waals surface area (Å²) in [5.41, 5.74) is 0.863. The fourth-order valence-corrected chi connectivity index (χ4v) is 3.84. The molecule has 1 aromatic heterocycles. The number of halogens is 4. The minimum atomic E-state index is -4.30. The van der Waals surface area contributed by atoms with Crippen LogP contribution in [0.1, 0.15) is 27.6 Å². The summed E-state index contributed by atoms with van der Waals surface area (Å²) in [5, 5.41) is 5.11. The van der Waals surface area contributed by atoms with Crippen LogP contribution < -0.4 is 5.32 Å². The summed E-state index contributed by atoms with van der Waals surface area (Å²) in [6.07, 6.45) is -4.30. The van der Waals surface area contributed by atoms with E-state index in [1.54, 1.807) is 31.4 Å². The Hall–Kier alpha value is -0.850. The molecule has 108 valence electrons. The summed E-state index contributed by atoms with van der Waals surface area (Å²) in [6.45, 7) is 1.70. The van der Waals surface area contributed by atoms with Crippen molar-refractivity contribution in [3.05, 3.63) is 55.7 Å². The first-order chi connectivity index (χ1) is 9.34. The highest BCUT2D eigenvalue weighted by Crippen LogP contribution is 2.36. The van der Waals surface area contributed by atoms with Crippen molar-refractivity contribution in [1.29, 1.82) is 0 Å². The van der Waals surface area contributed by atoms with Gasteiger partial charge in [0, 0.05) is 9.35 Å². The fourth-order valence-electron chi connectivity index (χ4n) is 2.12. The Morgan fingerprint density at radius 3 is 2.40 bits per heavy atom. The van der Waals surface area contributed by atoms with E-state index in [2.05, 4.69) is 21.2 Å². The van der Waals surface area contributed by atoms with Gasteiger partial charge in [-0.3, -0.25) is 0 Å². The standard InChI is InChI=1S/C14H13BrF3NS/c1-8-7-9(14(16,17)18)3-4-10(8)12(19-2)13-11(15)5-6-20-13/h3-7,12,19H,1-2H3. The first-order valence-corrected chi connectivity index (χ1v) is 7.59. The van der Waals surface area contributed by atoms with E-state index in [0.29, 0.717) is 5.56 Å². The number of hydrogen-bond donors (Lipinski definition) is 1. The lowest BCUT2D eigenvalue weighted by Crippen LogP contribution is -2.18. The third-order valence-electron chi connectivity index (χ3n) is 3.10. The van der Waals surface area contributed by atoms with Crippen molar-refractivity contribution in [2.45, 2.75) is 19.1 Å². The van der Waals surface area contributed by atoms with Crippen molar-refractivity contribution < 1.29 is 13.2 Å². The Bertz CT molecular complexity index is 607. The third-order valence-corrected chi connectivity index (χ3v) is 5.04. The van der Waals surface area contributed by atoms with Gasteiger partial charge in [-0.05, 0) is 64.6 Å². The quantitative estimate of drug-likeness (QED) is 0.795. The summed E-state index contributed by atoms with van der Waals surface area (Å²) in [5.74, 6) is 0. The van der Waals surface area contributed by atoms with Crippen LogP contribution in [-0.2, 0) is 6.18 Å². The zero-order chi connectivity index (χ0) is 14.9. The molecule has 0 aliphatic heterocycles. The van der Waals surface area contributed by atoms with Crippen LogP contribution >= 0.6 is 27.3 Å². The maximum atomic E-state index is 12.7. The van der Waals surface area contributed by atoms with Crippen molar-refractivity contribution in [3.8, 4) is 0 Å². The molecule has 0 spiro atoms. The molecular weight excluding hydrogens is 351 g/mol. The van der Waals surface area contributed by atoms with E-state index >= 15 is 0 Å². The lowest BCUT2D eigenvalue weighted by atomic mass is 9.97. The molecule has 0 fully saturated rings. The number of rotatable bonds is 3. The number of nitrogens with one attached hydrogen (secondary N) is 1. The molecule has 1 atom stereocenters. The van der Waals surface area contributed by atoms with E-state index in [4.69, 9.17) is 0 Å². The third kappa shape index (κ3) is 3.07. The molecule has 1 unspecified atom stereocenters. The van der Waals surface area contributed by atoms with Crippen molar-refractivity contribution in [2.24, 2.45) is 0 Å². The summed E-state index contributed by atoms with van der Waals surface area (Å²) >= 11 is 5.03. The number of thiophene rings is 1. The van der Waals surface area contributed by atoms with Crippen molar-refractivity contribution in [2.75, 3.05) is 7.05 Å². The monoisotopic (exact) mass is 363 g/mol.